The fourth-order valence-corrected chi connectivity index (χ4v) is 8.08. The summed E-state index contributed by atoms with van der Waals surface area (Å²) in [5, 5.41) is 0. The molecule has 4 amide bonds. The first-order valence-electron chi connectivity index (χ1n) is 10.3. The van der Waals surface area contributed by atoms with Crippen molar-refractivity contribution < 1.29 is 40.9 Å². The van der Waals surface area contributed by atoms with E-state index in [1.807, 2.05) is 0 Å². The van der Waals surface area contributed by atoms with Gasteiger partial charge in [-0.1, -0.05) is 0 Å². The molecule has 0 aliphatic carbocycles. The first kappa shape index (κ1) is 26.8. The van der Waals surface area contributed by atoms with Crippen LogP contribution >= 0.6 is 0 Å². The van der Waals surface area contributed by atoms with E-state index in [9.17, 15) is 14.4 Å². The quantitative estimate of drug-likeness (QED) is 0.186. The zero-order valence-corrected chi connectivity index (χ0v) is 20.7. The molecule has 0 saturated carbocycles. The van der Waals surface area contributed by atoms with E-state index in [4.69, 9.17) is 26.6 Å². The van der Waals surface area contributed by atoms with Gasteiger partial charge in [-0.3, -0.25) is 19.4 Å². The number of carbonyl (C=O) groups excluding carboxylic acids is 3. The number of rotatable bonds is 16. The maximum absolute atomic E-state index is 13.0. The molecule has 0 atom stereocenters. The average molecular weight is 467 g/mol. The second-order valence-corrected chi connectivity index (χ2v) is 11.1. The molecule has 1 rings (SSSR count). The summed E-state index contributed by atoms with van der Waals surface area (Å²) in [4.78, 5) is 39.9. The van der Waals surface area contributed by atoms with Gasteiger partial charge >= 0.3 is 35.5 Å². The minimum absolute atomic E-state index is 0.255. The fraction of sp³-hybridized carbons (Fsp3) is 0.824. The summed E-state index contributed by atoms with van der Waals surface area (Å²) < 4.78 is 34.3. The summed E-state index contributed by atoms with van der Waals surface area (Å²) in [6, 6.07) is -0.794. The average Bonchev–Trinajstić information content (AvgIpc) is 2.87. The van der Waals surface area contributed by atoms with Crippen LogP contribution in [0.25, 0.3) is 0 Å². The highest BCUT2D eigenvalue weighted by Crippen LogP contribution is 2.22. The number of nitrogens with zero attached hydrogens (tertiary/aromatic N) is 2. The van der Waals surface area contributed by atoms with Crippen LogP contribution in [0.15, 0.2) is 0 Å². The lowest BCUT2D eigenvalue weighted by molar-refractivity contribution is -0.143. The van der Waals surface area contributed by atoms with Gasteiger partial charge in [-0.25, -0.2) is 4.79 Å². The third-order valence-corrected chi connectivity index (χ3v) is 9.80. The lowest BCUT2D eigenvalue weighted by Gasteiger charge is -2.32. The van der Waals surface area contributed by atoms with Crippen LogP contribution in [-0.4, -0.2) is 97.2 Å². The highest BCUT2D eigenvalue weighted by atomic mass is 28.4. The van der Waals surface area contributed by atoms with Crippen molar-refractivity contribution in [3.63, 3.8) is 0 Å². The molecule has 0 bridgehead atoms. The van der Waals surface area contributed by atoms with E-state index in [0.717, 1.165) is 9.80 Å². The highest BCUT2D eigenvalue weighted by Gasteiger charge is 2.56. The Kier molecular flexibility index (Phi) is 11.3. The zero-order chi connectivity index (χ0) is 22.8. The molecule has 13 heteroatoms. The van der Waals surface area contributed by atoms with Gasteiger partial charge in [0.15, 0.2) is 0 Å². The molecule has 1 aliphatic heterocycles. The van der Waals surface area contributed by atoms with Gasteiger partial charge in [0.1, 0.15) is 12.3 Å². The maximum atomic E-state index is 13.0. The van der Waals surface area contributed by atoms with Gasteiger partial charge in [0.05, 0.1) is 0 Å². The van der Waals surface area contributed by atoms with E-state index in [1.54, 1.807) is 41.5 Å². The number of hydrogen-bond acceptors (Lipinski definition) is 9. The van der Waals surface area contributed by atoms with Crippen LogP contribution in [-0.2, 0) is 36.1 Å². The minimum Gasteiger partial charge on any atom is -0.373 e. The van der Waals surface area contributed by atoms with Crippen LogP contribution in [0, 0.1) is 0 Å². The van der Waals surface area contributed by atoms with Crippen molar-refractivity contribution in [3.8, 4) is 0 Å². The largest absolute Gasteiger partial charge is 0.522 e. The minimum atomic E-state index is -3.38. The van der Waals surface area contributed by atoms with Crippen molar-refractivity contribution in [1.29, 1.82) is 0 Å². The van der Waals surface area contributed by atoms with Crippen LogP contribution in [0.2, 0.25) is 0 Å². The predicted octanol–water partition coefficient (Wildman–Crippen LogP) is 0.952. The van der Waals surface area contributed by atoms with Crippen molar-refractivity contribution >= 4 is 35.5 Å². The van der Waals surface area contributed by atoms with E-state index in [2.05, 4.69) is 0 Å². The molecule has 0 N–H and O–H groups in total. The van der Waals surface area contributed by atoms with E-state index in [0.29, 0.717) is 0 Å². The lowest BCUT2D eigenvalue weighted by atomic mass is 10.6. The first-order chi connectivity index (χ1) is 14.3. The number of amides is 4. The molecule has 30 heavy (non-hydrogen) atoms. The van der Waals surface area contributed by atoms with E-state index >= 15 is 0 Å². The van der Waals surface area contributed by atoms with Gasteiger partial charge in [-0.15, -0.1) is 0 Å². The Hall–Kier alpha value is -1.20. The smallest absolute Gasteiger partial charge is 0.373 e. The molecule has 1 fully saturated rings. The Labute approximate surface area is 180 Å². The fourth-order valence-electron chi connectivity index (χ4n) is 3.06. The van der Waals surface area contributed by atoms with Crippen molar-refractivity contribution in [1.82, 2.24) is 9.80 Å². The molecule has 0 aromatic heterocycles. The van der Waals surface area contributed by atoms with Crippen LogP contribution in [0.4, 0.5) is 4.79 Å². The second kappa shape index (κ2) is 12.6. The van der Waals surface area contributed by atoms with Gasteiger partial charge in [-0.05, 0) is 41.5 Å². The Morgan fingerprint density at radius 3 is 0.967 bits per heavy atom. The van der Waals surface area contributed by atoms with Gasteiger partial charge in [0, 0.05) is 39.6 Å². The van der Waals surface area contributed by atoms with Crippen molar-refractivity contribution in [2.24, 2.45) is 0 Å². The SMILES string of the molecule is CCO[Si](CN1C(=O)C(=O)N(C[Si](OCC)(OCC)OCC)C1=O)(OCC)OCC. The van der Waals surface area contributed by atoms with E-state index in [-0.39, 0.29) is 52.0 Å². The maximum Gasteiger partial charge on any atom is 0.522 e. The standard InChI is InChI=1S/C17H34N2O9Si2/c1-7-23-29(24-8-2,25-9-3)13-18-15(20)16(21)19(17(18)22)14-30(26-10-4,27-11-5)28-12-6/h7-14H2,1-6H3. The molecule has 11 nitrogen and oxygen atoms in total. The summed E-state index contributed by atoms with van der Waals surface area (Å²) in [5.74, 6) is -1.94. The lowest BCUT2D eigenvalue weighted by Crippen LogP contribution is -2.58. The van der Waals surface area contributed by atoms with Crippen molar-refractivity contribution in [2.75, 3.05) is 52.0 Å². The topological polar surface area (TPSA) is 113 Å². The Bertz CT molecular complexity index is 512. The molecule has 0 aromatic carbocycles. The van der Waals surface area contributed by atoms with Crippen LogP contribution < -0.4 is 0 Å². The van der Waals surface area contributed by atoms with Gasteiger partial charge < -0.3 is 26.6 Å². The normalized spacial score (nSPS) is 15.6. The van der Waals surface area contributed by atoms with Crippen LogP contribution in [0.5, 0.6) is 0 Å². The summed E-state index contributed by atoms with van der Waals surface area (Å²) >= 11 is 0. The molecular formula is C17H34N2O9Si2. The van der Waals surface area contributed by atoms with E-state index in [1.165, 1.54) is 0 Å². The molecule has 174 valence electrons. The third kappa shape index (κ3) is 6.40. The predicted molar refractivity (Wildman–Crippen MR) is 110 cm³/mol. The highest BCUT2D eigenvalue weighted by molar-refractivity contribution is 6.64. The molecule has 1 aliphatic rings. The van der Waals surface area contributed by atoms with Crippen molar-refractivity contribution in [2.45, 2.75) is 41.5 Å². The van der Waals surface area contributed by atoms with Crippen LogP contribution in [0.3, 0.4) is 0 Å². The molecular weight excluding hydrogens is 432 g/mol. The number of urea groups is 1. The molecule has 0 radical (unpaired) electrons. The van der Waals surface area contributed by atoms with E-state index < -0.39 is 35.5 Å². The van der Waals surface area contributed by atoms with Gasteiger partial charge in [-0.2, -0.15) is 0 Å². The molecule has 0 unspecified atom stereocenters. The molecule has 0 spiro atoms. The molecule has 0 aromatic rings. The summed E-state index contributed by atoms with van der Waals surface area (Å²) in [6.45, 7) is 12.2. The Morgan fingerprint density at radius 1 is 0.533 bits per heavy atom. The zero-order valence-electron chi connectivity index (χ0n) is 18.7. The summed E-state index contributed by atoms with van der Waals surface area (Å²) in [5.41, 5.74) is 0. The number of imide groups is 2. The summed E-state index contributed by atoms with van der Waals surface area (Å²) in [6.07, 6.45) is -0.510. The monoisotopic (exact) mass is 466 g/mol. The first-order valence-corrected chi connectivity index (χ1v) is 14.2. The van der Waals surface area contributed by atoms with Crippen molar-refractivity contribution in [3.05, 3.63) is 0 Å². The Balaban J connectivity index is 3.16. The Morgan fingerprint density at radius 2 is 0.767 bits per heavy atom. The molecule has 1 heterocycles. The molecule has 1 saturated heterocycles. The number of carbonyl (C=O) groups is 3. The summed E-state index contributed by atoms with van der Waals surface area (Å²) in [7, 11) is -6.77. The third-order valence-electron chi connectivity index (χ3n) is 4.02. The van der Waals surface area contributed by atoms with Crippen LogP contribution in [0.1, 0.15) is 41.5 Å². The van der Waals surface area contributed by atoms with Gasteiger partial charge in [0.2, 0.25) is 0 Å². The van der Waals surface area contributed by atoms with Gasteiger partial charge in [0.25, 0.3) is 0 Å². The number of hydrogen-bond donors (Lipinski definition) is 0. The second-order valence-electron chi connectivity index (χ2n) is 6.03.